The van der Waals surface area contributed by atoms with Crippen LogP contribution < -0.4 is 5.32 Å². The number of anilines is 2. The standard InChI is InChI=1S/C14H13ClN2O3/c15-12-2-1-3-13(17(19)20)14(12)16-11-6-4-10(5-7-11)8-9-18/h1-7,16,18H,8-9H2. The van der Waals surface area contributed by atoms with Gasteiger partial charge in [0.05, 0.1) is 9.95 Å². The zero-order chi connectivity index (χ0) is 14.5. The average molecular weight is 293 g/mol. The van der Waals surface area contributed by atoms with Gasteiger partial charge in [0, 0.05) is 18.4 Å². The lowest BCUT2D eigenvalue weighted by Crippen LogP contribution is -1.98. The molecule has 0 aliphatic carbocycles. The molecule has 0 heterocycles. The number of hydrogen-bond donors (Lipinski definition) is 2. The molecule has 0 fully saturated rings. The molecule has 0 spiro atoms. The van der Waals surface area contributed by atoms with Crippen molar-refractivity contribution < 1.29 is 10.0 Å². The summed E-state index contributed by atoms with van der Waals surface area (Å²) in [6.45, 7) is 0.0861. The van der Waals surface area contributed by atoms with Gasteiger partial charge in [0.1, 0.15) is 5.69 Å². The lowest BCUT2D eigenvalue weighted by molar-refractivity contribution is -0.383. The third-order valence-electron chi connectivity index (χ3n) is 2.81. The monoisotopic (exact) mass is 292 g/mol. The molecule has 0 aliphatic rings. The van der Waals surface area contributed by atoms with Crippen molar-refractivity contribution in [2.75, 3.05) is 11.9 Å². The average Bonchev–Trinajstić information content (AvgIpc) is 2.43. The van der Waals surface area contributed by atoms with E-state index < -0.39 is 4.92 Å². The number of rotatable bonds is 5. The number of nitrogens with one attached hydrogen (secondary N) is 1. The van der Waals surface area contributed by atoms with Crippen molar-refractivity contribution in [2.45, 2.75) is 6.42 Å². The summed E-state index contributed by atoms with van der Waals surface area (Å²) in [7, 11) is 0. The fourth-order valence-corrected chi connectivity index (χ4v) is 2.03. The topological polar surface area (TPSA) is 75.4 Å². The highest BCUT2D eigenvalue weighted by atomic mass is 35.5. The summed E-state index contributed by atoms with van der Waals surface area (Å²) in [6, 6.07) is 11.8. The number of benzene rings is 2. The normalized spacial score (nSPS) is 10.3. The first-order valence-electron chi connectivity index (χ1n) is 6.01. The SMILES string of the molecule is O=[N+]([O-])c1cccc(Cl)c1Nc1ccc(CCO)cc1. The molecule has 0 radical (unpaired) electrons. The number of aliphatic hydroxyl groups is 1. The van der Waals surface area contributed by atoms with E-state index in [0.717, 1.165) is 5.56 Å². The minimum Gasteiger partial charge on any atom is -0.396 e. The molecule has 0 atom stereocenters. The Labute approximate surface area is 121 Å². The summed E-state index contributed by atoms with van der Waals surface area (Å²) < 4.78 is 0. The molecule has 5 nitrogen and oxygen atoms in total. The summed E-state index contributed by atoms with van der Waals surface area (Å²) in [5.41, 5.74) is 1.89. The molecule has 0 aliphatic heterocycles. The molecule has 0 saturated heterocycles. The smallest absolute Gasteiger partial charge is 0.294 e. The van der Waals surface area contributed by atoms with Crippen molar-refractivity contribution in [1.29, 1.82) is 0 Å². The number of para-hydroxylation sites is 1. The molecule has 0 amide bonds. The highest BCUT2D eigenvalue weighted by Gasteiger charge is 2.16. The number of nitro groups is 1. The predicted molar refractivity (Wildman–Crippen MR) is 78.6 cm³/mol. The van der Waals surface area contributed by atoms with E-state index in [0.29, 0.717) is 17.1 Å². The maximum Gasteiger partial charge on any atom is 0.294 e. The summed E-state index contributed by atoms with van der Waals surface area (Å²) in [5, 5.41) is 23.1. The third kappa shape index (κ3) is 3.26. The van der Waals surface area contributed by atoms with E-state index >= 15 is 0 Å². The number of hydrogen-bond acceptors (Lipinski definition) is 4. The molecule has 2 aromatic rings. The van der Waals surface area contributed by atoms with Gasteiger partial charge in [-0.1, -0.05) is 29.8 Å². The third-order valence-corrected chi connectivity index (χ3v) is 3.13. The molecule has 2 N–H and O–H groups in total. The van der Waals surface area contributed by atoms with Gasteiger partial charge in [0.15, 0.2) is 0 Å². The Hall–Kier alpha value is -2.11. The molecular weight excluding hydrogens is 280 g/mol. The van der Waals surface area contributed by atoms with Crippen LogP contribution in [0.25, 0.3) is 0 Å². The van der Waals surface area contributed by atoms with E-state index in [2.05, 4.69) is 5.32 Å². The number of halogens is 1. The van der Waals surface area contributed by atoms with Crippen LogP contribution in [0.1, 0.15) is 5.56 Å². The van der Waals surface area contributed by atoms with Crippen LogP contribution in [0.2, 0.25) is 5.02 Å². The first-order chi connectivity index (χ1) is 9.61. The lowest BCUT2D eigenvalue weighted by Gasteiger charge is -2.09. The van der Waals surface area contributed by atoms with Gasteiger partial charge in [-0.3, -0.25) is 10.1 Å². The molecule has 0 aromatic heterocycles. The van der Waals surface area contributed by atoms with Crippen molar-refractivity contribution in [1.82, 2.24) is 0 Å². The Bertz CT molecular complexity index is 614. The van der Waals surface area contributed by atoms with Crippen LogP contribution in [0.4, 0.5) is 17.1 Å². The Morgan fingerprint density at radius 3 is 2.50 bits per heavy atom. The van der Waals surface area contributed by atoms with Crippen LogP contribution in [0.3, 0.4) is 0 Å². The first-order valence-corrected chi connectivity index (χ1v) is 6.39. The maximum atomic E-state index is 11.0. The van der Waals surface area contributed by atoms with Gasteiger partial charge in [-0.2, -0.15) is 0 Å². The molecule has 2 rings (SSSR count). The second kappa shape index (κ2) is 6.36. The number of nitrogens with zero attached hydrogens (tertiary/aromatic N) is 1. The Morgan fingerprint density at radius 2 is 1.90 bits per heavy atom. The molecule has 104 valence electrons. The van der Waals surface area contributed by atoms with E-state index in [1.54, 1.807) is 18.2 Å². The van der Waals surface area contributed by atoms with Crippen LogP contribution in [0, 0.1) is 10.1 Å². The molecule has 0 bridgehead atoms. The largest absolute Gasteiger partial charge is 0.396 e. The number of nitro benzene ring substituents is 1. The maximum absolute atomic E-state index is 11.0. The quantitative estimate of drug-likeness (QED) is 0.653. The molecule has 20 heavy (non-hydrogen) atoms. The lowest BCUT2D eigenvalue weighted by atomic mass is 10.1. The van der Waals surface area contributed by atoms with E-state index in [9.17, 15) is 10.1 Å². The van der Waals surface area contributed by atoms with Gasteiger partial charge < -0.3 is 10.4 Å². The van der Waals surface area contributed by atoms with Gasteiger partial charge in [0.25, 0.3) is 5.69 Å². The van der Waals surface area contributed by atoms with Gasteiger partial charge in [-0.15, -0.1) is 0 Å². The Balaban J connectivity index is 2.27. The van der Waals surface area contributed by atoms with Crippen molar-refractivity contribution in [3.05, 3.63) is 63.2 Å². The molecular formula is C14H13ClN2O3. The van der Waals surface area contributed by atoms with Gasteiger partial charge in [0.2, 0.25) is 0 Å². The van der Waals surface area contributed by atoms with Gasteiger partial charge in [-0.05, 0) is 30.2 Å². The van der Waals surface area contributed by atoms with Crippen LogP contribution in [0.15, 0.2) is 42.5 Å². The van der Waals surface area contributed by atoms with Crippen LogP contribution in [-0.2, 0) is 6.42 Å². The Morgan fingerprint density at radius 1 is 1.20 bits per heavy atom. The molecule has 0 saturated carbocycles. The zero-order valence-corrected chi connectivity index (χ0v) is 11.3. The minimum absolute atomic E-state index is 0.0723. The van der Waals surface area contributed by atoms with E-state index in [4.69, 9.17) is 16.7 Å². The van der Waals surface area contributed by atoms with Crippen molar-refractivity contribution in [3.8, 4) is 0 Å². The van der Waals surface area contributed by atoms with Crippen molar-refractivity contribution in [3.63, 3.8) is 0 Å². The highest BCUT2D eigenvalue weighted by molar-refractivity contribution is 6.33. The molecule has 0 unspecified atom stereocenters. The second-order valence-electron chi connectivity index (χ2n) is 4.19. The summed E-state index contributed by atoms with van der Waals surface area (Å²) >= 11 is 6.00. The number of aliphatic hydroxyl groups excluding tert-OH is 1. The van der Waals surface area contributed by atoms with Crippen LogP contribution in [0.5, 0.6) is 0 Å². The van der Waals surface area contributed by atoms with E-state index in [-0.39, 0.29) is 18.0 Å². The van der Waals surface area contributed by atoms with Gasteiger partial charge >= 0.3 is 0 Å². The zero-order valence-electron chi connectivity index (χ0n) is 10.5. The summed E-state index contributed by atoms with van der Waals surface area (Å²) in [4.78, 5) is 10.5. The van der Waals surface area contributed by atoms with Crippen LogP contribution in [-0.4, -0.2) is 16.6 Å². The fraction of sp³-hybridized carbons (Fsp3) is 0.143. The summed E-state index contributed by atoms with van der Waals surface area (Å²) in [5.74, 6) is 0. The van der Waals surface area contributed by atoms with Crippen molar-refractivity contribution in [2.24, 2.45) is 0 Å². The first kappa shape index (κ1) is 14.3. The van der Waals surface area contributed by atoms with Crippen LogP contribution >= 0.6 is 11.6 Å². The summed E-state index contributed by atoms with van der Waals surface area (Å²) in [6.07, 6.45) is 0.576. The van der Waals surface area contributed by atoms with E-state index in [1.165, 1.54) is 12.1 Å². The fourth-order valence-electron chi connectivity index (χ4n) is 1.82. The highest BCUT2D eigenvalue weighted by Crippen LogP contribution is 2.34. The van der Waals surface area contributed by atoms with Crippen molar-refractivity contribution >= 4 is 28.7 Å². The second-order valence-corrected chi connectivity index (χ2v) is 4.59. The predicted octanol–water partition coefficient (Wildman–Crippen LogP) is 3.53. The molecule has 6 heteroatoms. The van der Waals surface area contributed by atoms with E-state index in [1.807, 2.05) is 12.1 Å². The Kier molecular flexibility index (Phi) is 4.55. The molecule has 2 aromatic carbocycles. The minimum atomic E-state index is -0.478. The van der Waals surface area contributed by atoms with Gasteiger partial charge in [-0.25, -0.2) is 0 Å².